The molecule has 0 aromatic heterocycles. The summed E-state index contributed by atoms with van der Waals surface area (Å²) in [6, 6.07) is 0.860. The van der Waals surface area contributed by atoms with Gasteiger partial charge in [0.1, 0.15) is 0 Å². The molecule has 0 spiro atoms. The summed E-state index contributed by atoms with van der Waals surface area (Å²) in [5.41, 5.74) is 0. The van der Waals surface area contributed by atoms with Gasteiger partial charge in [-0.15, -0.1) is 0 Å². The van der Waals surface area contributed by atoms with Gasteiger partial charge < -0.3 is 10.0 Å². The molecular weight excluding hydrogens is 180 g/mol. The lowest BCUT2D eigenvalue weighted by molar-refractivity contribution is -0.139. The van der Waals surface area contributed by atoms with Crippen LogP contribution in [-0.4, -0.2) is 60.1 Å². The number of hydrogen-bond donors (Lipinski definition) is 1. The van der Waals surface area contributed by atoms with E-state index in [1.54, 1.807) is 0 Å². The van der Waals surface area contributed by atoms with Crippen molar-refractivity contribution in [3.05, 3.63) is 0 Å². The highest BCUT2D eigenvalue weighted by molar-refractivity contribution is 5.74. The summed E-state index contributed by atoms with van der Waals surface area (Å²) in [6.07, 6.45) is 2.02. The average molecular weight is 198 g/mol. The van der Waals surface area contributed by atoms with E-state index in [2.05, 4.69) is 23.9 Å². The number of nitrogens with zero attached hydrogens (tertiary/aromatic N) is 2. The molecule has 0 amide bonds. The minimum absolute atomic E-state index is 0.106. The van der Waals surface area contributed by atoms with Crippen molar-refractivity contribution in [1.29, 1.82) is 0 Å². The Kier molecular flexibility index (Phi) is 2.49. The third-order valence-electron chi connectivity index (χ3n) is 3.54. The maximum absolute atomic E-state index is 10.7. The van der Waals surface area contributed by atoms with Crippen LogP contribution in [0.4, 0.5) is 0 Å². The van der Waals surface area contributed by atoms with E-state index >= 15 is 0 Å². The highest BCUT2D eigenvalue weighted by atomic mass is 16.4. The van der Waals surface area contributed by atoms with Gasteiger partial charge in [0.05, 0.1) is 5.92 Å². The summed E-state index contributed by atoms with van der Waals surface area (Å²) in [5, 5.41) is 8.83. The molecule has 1 saturated heterocycles. The molecule has 2 aliphatic rings. The fourth-order valence-corrected chi connectivity index (χ4v) is 2.41. The van der Waals surface area contributed by atoms with Gasteiger partial charge in [-0.3, -0.25) is 9.69 Å². The van der Waals surface area contributed by atoms with Crippen LogP contribution in [0.25, 0.3) is 0 Å². The maximum Gasteiger partial charge on any atom is 0.308 e. The molecule has 1 aliphatic carbocycles. The Morgan fingerprint density at radius 2 is 2.29 bits per heavy atom. The van der Waals surface area contributed by atoms with Gasteiger partial charge in [-0.25, -0.2) is 0 Å². The molecule has 1 saturated carbocycles. The molecule has 0 bridgehead atoms. The van der Waals surface area contributed by atoms with Crippen molar-refractivity contribution >= 4 is 5.97 Å². The van der Waals surface area contributed by atoms with E-state index < -0.39 is 5.97 Å². The Hall–Kier alpha value is -0.610. The predicted octanol–water partition coefficient (Wildman–Crippen LogP) is 0.0954. The van der Waals surface area contributed by atoms with Gasteiger partial charge >= 0.3 is 5.97 Å². The largest absolute Gasteiger partial charge is 0.481 e. The minimum atomic E-state index is -0.631. The first-order valence-electron chi connectivity index (χ1n) is 5.23. The molecule has 4 nitrogen and oxygen atoms in total. The molecule has 2 rings (SSSR count). The van der Waals surface area contributed by atoms with E-state index in [0.717, 1.165) is 19.5 Å². The van der Waals surface area contributed by atoms with Gasteiger partial charge in [-0.05, 0) is 33.5 Å². The molecule has 1 aliphatic heterocycles. The lowest BCUT2D eigenvalue weighted by Gasteiger charge is -2.24. The van der Waals surface area contributed by atoms with Crippen LogP contribution < -0.4 is 0 Å². The first-order chi connectivity index (χ1) is 6.59. The number of likely N-dealkylation sites (N-methyl/N-ethyl adjacent to an activating group) is 2. The Bertz CT molecular complexity index is 244. The SMILES string of the molecule is CN1CCC(N(C)C2CC2C(=O)O)C1. The van der Waals surface area contributed by atoms with Crippen LogP contribution in [0.2, 0.25) is 0 Å². The number of aliphatic carboxylic acids is 1. The van der Waals surface area contributed by atoms with Crippen molar-refractivity contribution in [2.24, 2.45) is 5.92 Å². The van der Waals surface area contributed by atoms with Gasteiger partial charge in [0, 0.05) is 18.6 Å². The first-order valence-corrected chi connectivity index (χ1v) is 5.23. The van der Waals surface area contributed by atoms with Crippen LogP contribution in [0.1, 0.15) is 12.8 Å². The van der Waals surface area contributed by atoms with Gasteiger partial charge in [-0.1, -0.05) is 0 Å². The highest BCUT2D eigenvalue weighted by Gasteiger charge is 2.47. The monoisotopic (exact) mass is 198 g/mol. The van der Waals surface area contributed by atoms with E-state index in [-0.39, 0.29) is 5.92 Å². The lowest BCUT2D eigenvalue weighted by Crippen LogP contribution is -2.36. The maximum atomic E-state index is 10.7. The Morgan fingerprint density at radius 3 is 2.71 bits per heavy atom. The zero-order valence-electron chi connectivity index (χ0n) is 8.81. The Labute approximate surface area is 84.5 Å². The van der Waals surface area contributed by atoms with E-state index in [0.29, 0.717) is 12.1 Å². The zero-order valence-corrected chi connectivity index (χ0v) is 8.81. The van der Waals surface area contributed by atoms with E-state index in [9.17, 15) is 4.79 Å². The van der Waals surface area contributed by atoms with Crippen molar-refractivity contribution in [2.45, 2.75) is 24.9 Å². The second-order valence-electron chi connectivity index (χ2n) is 4.62. The second kappa shape index (κ2) is 3.51. The van der Waals surface area contributed by atoms with Crippen LogP contribution in [0.3, 0.4) is 0 Å². The van der Waals surface area contributed by atoms with Crippen molar-refractivity contribution in [2.75, 3.05) is 27.2 Å². The lowest BCUT2D eigenvalue weighted by atomic mass is 10.2. The summed E-state index contributed by atoms with van der Waals surface area (Å²) in [6.45, 7) is 2.22. The quantitative estimate of drug-likeness (QED) is 0.698. The van der Waals surface area contributed by atoms with Crippen molar-refractivity contribution in [1.82, 2.24) is 9.80 Å². The number of likely N-dealkylation sites (tertiary alicyclic amines) is 1. The molecule has 1 N–H and O–H groups in total. The summed E-state index contributed by atoms with van der Waals surface area (Å²) in [4.78, 5) is 15.3. The van der Waals surface area contributed by atoms with Crippen LogP contribution in [0, 0.1) is 5.92 Å². The molecule has 0 aromatic carbocycles. The van der Waals surface area contributed by atoms with Crippen LogP contribution in [0.15, 0.2) is 0 Å². The minimum Gasteiger partial charge on any atom is -0.481 e. The Morgan fingerprint density at radius 1 is 1.57 bits per heavy atom. The van der Waals surface area contributed by atoms with E-state index in [1.165, 1.54) is 6.42 Å². The fraction of sp³-hybridized carbons (Fsp3) is 0.900. The number of carboxylic acid groups (broad SMARTS) is 1. The number of carbonyl (C=O) groups is 1. The van der Waals surface area contributed by atoms with Crippen LogP contribution in [-0.2, 0) is 4.79 Å². The highest BCUT2D eigenvalue weighted by Crippen LogP contribution is 2.37. The molecule has 0 aromatic rings. The number of carboxylic acids is 1. The molecule has 0 radical (unpaired) electrons. The molecule has 14 heavy (non-hydrogen) atoms. The number of hydrogen-bond acceptors (Lipinski definition) is 3. The van der Waals surface area contributed by atoms with E-state index in [4.69, 9.17) is 5.11 Å². The molecular formula is C10H18N2O2. The van der Waals surface area contributed by atoms with Gasteiger partial charge in [0.2, 0.25) is 0 Å². The molecule has 1 heterocycles. The zero-order chi connectivity index (χ0) is 10.3. The molecule has 3 atom stereocenters. The average Bonchev–Trinajstić information content (AvgIpc) is 2.82. The summed E-state index contributed by atoms with van der Waals surface area (Å²) in [7, 11) is 4.19. The van der Waals surface area contributed by atoms with Crippen molar-refractivity contribution < 1.29 is 9.90 Å². The van der Waals surface area contributed by atoms with Crippen molar-refractivity contribution in [3.8, 4) is 0 Å². The second-order valence-corrected chi connectivity index (χ2v) is 4.62. The molecule has 80 valence electrons. The fourth-order valence-electron chi connectivity index (χ4n) is 2.41. The molecule has 4 heteroatoms. The van der Waals surface area contributed by atoms with Gasteiger partial charge in [0.25, 0.3) is 0 Å². The smallest absolute Gasteiger partial charge is 0.308 e. The summed E-state index contributed by atoms with van der Waals surface area (Å²) < 4.78 is 0. The summed E-state index contributed by atoms with van der Waals surface area (Å²) in [5.74, 6) is -0.737. The van der Waals surface area contributed by atoms with Crippen molar-refractivity contribution in [3.63, 3.8) is 0 Å². The predicted molar refractivity (Wildman–Crippen MR) is 53.2 cm³/mol. The van der Waals surface area contributed by atoms with Crippen LogP contribution in [0.5, 0.6) is 0 Å². The van der Waals surface area contributed by atoms with Crippen LogP contribution >= 0.6 is 0 Å². The Balaban J connectivity index is 1.85. The third-order valence-corrected chi connectivity index (χ3v) is 3.54. The first kappa shape index (κ1) is 9.93. The van der Waals surface area contributed by atoms with Gasteiger partial charge in [-0.2, -0.15) is 0 Å². The van der Waals surface area contributed by atoms with E-state index in [1.807, 2.05) is 0 Å². The standard InChI is InChI=1S/C10H18N2O2/c1-11-4-3-7(6-11)12(2)9-5-8(9)10(13)14/h7-9H,3-6H2,1-2H3,(H,13,14). The third kappa shape index (κ3) is 1.77. The topological polar surface area (TPSA) is 43.8 Å². The van der Waals surface area contributed by atoms with Gasteiger partial charge in [0.15, 0.2) is 0 Å². The molecule has 3 unspecified atom stereocenters. The summed E-state index contributed by atoms with van der Waals surface area (Å²) >= 11 is 0. The normalized spacial score (nSPS) is 37.8. The number of rotatable bonds is 3. The molecule has 2 fully saturated rings.